The van der Waals surface area contributed by atoms with Gasteiger partial charge in [-0.25, -0.2) is 0 Å². The standard InChI is InChI=1S/2C9H10O4/c2*1-2-6(11)9-7(12)3-5(10)4-8(9)13/h2*3-4,10,12-13H,2H2,1H3. The maximum atomic E-state index is 11.2. The van der Waals surface area contributed by atoms with E-state index in [1.807, 2.05) is 0 Å². The summed E-state index contributed by atoms with van der Waals surface area (Å²) < 4.78 is 0. The minimum atomic E-state index is -0.399. The van der Waals surface area contributed by atoms with Gasteiger partial charge in [0.15, 0.2) is 11.6 Å². The van der Waals surface area contributed by atoms with Gasteiger partial charge in [-0.2, -0.15) is 0 Å². The van der Waals surface area contributed by atoms with Gasteiger partial charge < -0.3 is 30.6 Å². The molecule has 0 aliphatic rings. The summed E-state index contributed by atoms with van der Waals surface area (Å²) in [6, 6.07) is 4.07. The molecule has 8 nitrogen and oxygen atoms in total. The molecule has 6 N–H and O–H groups in total. The molecule has 0 fully saturated rings. The number of aromatic hydroxyl groups is 6. The van der Waals surface area contributed by atoms with Gasteiger partial charge in [-0.05, 0) is 0 Å². The van der Waals surface area contributed by atoms with Gasteiger partial charge in [0.05, 0.1) is 0 Å². The normalized spacial score (nSPS) is 9.92. The lowest BCUT2D eigenvalue weighted by molar-refractivity contribution is 0.0974. The number of phenols is 6. The molecule has 2 aromatic rings. The second kappa shape index (κ2) is 8.61. The Hall–Kier alpha value is -3.42. The summed E-state index contributed by atoms with van der Waals surface area (Å²) in [6.07, 6.45) is 0.373. The van der Waals surface area contributed by atoms with E-state index in [9.17, 15) is 30.0 Å². The first-order chi connectivity index (χ1) is 12.1. The molecule has 0 unspecified atom stereocenters. The Bertz CT molecular complexity index is 710. The molecule has 2 aromatic carbocycles. The molecule has 0 heterocycles. The summed E-state index contributed by atoms with van der Waals surface area (Å²) in [7, 11) is 0. The number of rotatable bonds is 4. The van der Waals surface area contributed by atoms with Crippen LogP contribution < -0.4 is 0 Å². The van der Waals surface area contributed by atoms with Crippen molar-refractivity contribution >= 4 is 11.6 Å². The molecule has 2 rings (SSSR count). The van der Waals surface area contributed by atoms with Crippen LogP contribution in [0.15, 0.2) is 24.3 Å². The van der Waals surface area contributed by atoms with E-state index in [0.717, 1.165) is 24.3 Å². The lowest BCUT2D eigenvalue weighted by atomic mass is 10.1. The van der Waals surface area contributed by atoms with Gasteiger partial charge in [0.25, 0.3) is 0 Å². The molecule has 26 heavy (non-hydrogen) atoms. The van der Waals surface area contributed by atoms with Gasteiger partial charge in [0.1, 0.15) is 45.6 Å². The van der Waals surface area contributed by atoms with Gasteiger partial charge in [-0.15, -0.1) is 0 Å². The van der Waals surface area contributed by atoms with Crippen molar-refractivity contribution in [1.82, 2.24) is 0 Å². The van der Waals surface area contributed by atoms with Crippen LogP contribution in [0.5, 0.6) is 34.5 Å². The Labute approximate surface area is 149 Å². The van der Waals surface area contributed by atoms with Gasteiger partial charge in [-0.1, -0.05) is 13.8 Å². The second-order valence-electron chi connectivity index (χ2n) is 5.27. The quantitative estimate of drug-likeness (QED) is 0.452. The number of carbonyl (C=O) groups excluding carboxylic acids is 2. The van der Waals surface area contributed by atoms with Crippen molar-refractivity contribution in [2.75, 3.05) is 0 Å². The van der Waals surface area contributed by atoms with E-state index in [0.29, 0.717) is 0 Å². The van der Waals surface area contributed by atoms with Crippen LogP contribution in [0.1, 0.15) is 47.4 Å². The first-order valence-electron chi connectivity index (χ1n) is 7.68. The number of Topliss-reactive ketones (excluding diaryl/α,β-unsaturated/α-hetero) is 2. The summed E-state index contributed by atoms with van der Waals surface area (Å²) in [6.45, 7) is 3.24. The fourth-order valence-corrected chi connectivity index (χ4v) is 2.12. The monoisotopic (exact) mass is 364 g/mol. The highest BCUT2D eigenvalue weighted by Gasteiger charge is 2.16. The first-order valence-corrected chi connectivity index (χ1v) is 7.68. The lowest BCUT2D eigenvalue weighted by Gasteiger charge is -2.05. The van der Waals surface area contributed by atoms with E-state index in [2.05, 4.69) is 0 Å². The van der Waals surface area contributed by atoms with Crippen LogP contribution in [0, 0.1) is 0 Å². The Morgan fingerprint density at radius 1 is 0.615 bits per heavy atom. The molecule has 0 aliphatic carbocycles. The van der Waals surface area contributed by atoms with Gasteiger partial charge >= 0.3 is 0 Å². The molecule has 0 bridgehead atoms. The zero-order valence-electron chi connectivity index (χ0n) is 14.2. The molecular formula is C18H20O8. The van der Waals surface area contributed by atoms with Crippen LogP contribution in [0.4, 0.5) is 0 Å². The third kappa shape index (κ3) is 4.79. The minimum Gasteiger partial charge on any atom is -0.508 e. The molecule has 0 aliphatic heterocycles. The topological polar surface area (TPSA) is 156 Å². The van der Waals surface area contributed by atoms with Crippen molar-refractivity contribution in [3.05, 3.63) is 35.4 Å². The van der Waals surface area contributed by atoms with Crippen molar-refractivity contribution in [2.45, 2.75) is 26.7 Å². The average molecular weight is 364 g/mol. The van der Waals surface area contributed by atoms with Crippen molar-refractivity contribution in [3.8, 4) is 34.5 Å². The molecule has 0 aromatic heterocycles. The third-order valence-corrected chi connectivity index (χ3v) is 3.36. The molecular weight excluding hydrogens is 344 g/mol. The number of ketones is 2. The Balaban J connectivity index is 0.000000260. The summed E-state index contributed by atoms with van der Waals surface area (Å²) in [4.78, 5) is 22.3. The highest BCUT2D eigenvalue weighted by atomic mass is 16.3. The highest BCUT2D eigenvalue weighted by molar-refractivity contribution is 6.01. The summed E-state index contributed by atoms with van der Waals surface area (Å²) in [5.74, 6) is -2.88. The molecule has 0 atom stereocenters. The Kier molecular flexibility index (Phi) is 6.83. The van der Waals surface area contributed by atoms with E-state index < -0.39 is 23.0 Å². The second-order valence-corrected chi connectivity index (χ2v) is 5.27. The fourth-order valence-electron chi connectivity index (χ4n) is 2.12. The van der Waals surface area contributed by atoms with Crippen molar-refractivity contribution in [3.63, 3.8) is 0 Å². The number of phenolic OH excluding ortho intramolecular Hbond substituents is 6. The maximum Gasteiger partial charge on any atom is 0.170 e. The smallest absolute Gasteiger partial charge is 0.170 e. The van der Waals surface area contributed by atoms with Crippen molar-refractivity contribution in [1.29, 1.82) is 0 Å². The Morgan fingerprint density at radius 3 is 1.04 bits per heavy atom. The maximum absolute atomic E-state index is 11.2. The molecule has 0 saturated carbocycles. The van der Waals surface area contributed by atoms with E-state index in [4.69, 9.17) is 10.2 Å². The van der Waals surface area contributed by atoms with Gasteiger partial charge in [-0.3, -0.25) is 9.59 Å². The molecule has 140 valence electrons. The van der Waals surface area contributed by atoms with Crippen LogP contribution in [-0.4, -0.2) is 42.2 Å². The van der Waals surface area contributed by atoms with Gasteiger partial charge in [0, 0.05) is 37.1 Å². The molecule has 0 spiro atoms. The zero-order chi connectivity index (χ0) is 20.0. The highest BCUT2D eigenvalue weighted by Crippen LogP contribution is 2.33. The SMILES string of the molecule is CCC(=O)c1c(O)cc(O)cc1O.CCC(=O)c1c(O)cc(O)cc1O. The summed E-state index contributed by atoms with van der Waals surface area (Å²) >= 11 is 0. The molecule has 0 radical (unpaired) electrons. The average Bonchev–Trinajstić information content (AvgIpc) is 2.53. The number of hydrogen-bond acceptors (Lipinski definition) is 8. The number of benzene rings is 2. The molecule has 0 amide bonds. The van der Waals surface area contributed by atoms with E-state index in [-0.39, 0.29) is 47.0 Å². The minimum absolute atomic E-state index is 0.139. The van der Waals surface area contributed by atoms with Gasteiger partial charge in [0.2, 0.25) is 0 Å². The van der Waals surface area contributed by atoms with E-state index in [1.54, 1.807) is 13.8 Å². The number of hydrogen-bond donors (Lipinski definition) is 6. The summed E-state index contributed by atoms with van der Waals surface area (Å²) in [5, 5.41) is 54.8. The van der Waals surface area contributed by atoms with Crippen molar-refractivity contribution in [2.24, 2.45) is 0 Å². The van der Waals surface area contributed by atoms with E-state index in [1.165, 1.54) is 0 Å². The number of carbonyl (C=O) groups is 2. The van der Waals surface area contributed by atoms with Crippen molar-refractivity contribution < 1.29 is 40.2 Å². The first kappa shape index (κ1) is 20.6. The largest absolute Gasteiger partial charge is 0.508 e. The predicted molar refractivity (Wildman–Crippen MR) is 92.1 cm³/mol. The third-order valence-electron chi connectivity index (χ3n) is 3.36. The fraction of sp³-hybridized carbons (Fsp3) is 0.222. The molecule has 0 saturated heterocycles. The predicted octanol–water partition coefficient (Wildman–Crippen LogP) is 2.79. The molecule has 8 heteroatoms. The lowest BCUT2D eigenvalue weighted by Crippen LogP contribution is -1.97. The van der Waals surface area contributed by atoms with Crippen LogP contribution in [0.25, 0.3) is 0 Å². The Morgan fingerprint density at radius 2 is 0.846 bits per heavy atom. The zero-order valence-corrected chi connectivity index (χ0v) is 14.2. The van der Waals surface area contributed by atoms with Crippen LogP contribution in [0.2, 0.25) is 0 Å². The van der Waals surface area contributed by atoms with Crippen LogP contribution in [-0.2, 0) is 0 Å². The van der Waals surface area contributed by atoms with Crippen LogP contribution in [0.3, 0.4) is 0 Å². The summed E-state index contributed by atoms with van der Waals surface area (Å²) in [5.41, 5.74) is -0.277. The van der Waals surface area contributed by atoms with Crippen LogP contribution >= 0.6 is 0 Å². The van der Waals surface area contributed by atoms with E-state index >= 15 is 0 Å².